The number of hydrogen-bond donors (Lipinski definition) is 3. The molecule has 0 saturated heterocycles. The number of rotatable bonds is 8. The van der Waals surface area contributed by atoms with Crippen molar-refractivity contribution in [2.24, 2.45) is 5.73 Å². The van der Waals surface area contributed by atoms with Crippen LogP contribution in [-0.4, -0.2) is 20.9 Å². The van der Waals surface area contributed by atoms with E-state index in [4.69, 9.17) is 10.4 Å². The summed E-state index contributed by atoms with van der Waals surface area (Å²) in [5.74, 6) is -0.221. The second-order valence-electron chi connectivity index (χ2n) is 8.00. The minimum Gasteiger partial charge on any atom is -0.352 e. The van der Waals surface area contributed by atoms with Gasteiger partial charge >= 0.3 is 0 Å². The predicted molar refractivity (Wildman–Crippen MR) is 125 cm³/mol. The van der Waals surface area contributed by atoms with Crippen molar-refractivity contribution in [2.45, 2.75) is 39.9 Å². The van der Waals surface area contributed by atoms with E-state index in [1.54, 1.807) is 12.3 Å². The standard InChI is InChI=1S/C24H26N6O3/c1-15-3-5-18(12-25)19(9-15)14-26-23(31)11-20-16(2)7-8-30(24(20)32)27-13-17-4-6-21-22(10-17)29-33-28-21/h3-10,27H,11-14,25H2,1-2H3,(H,26,31). The Morgan fingerprint density at radius 2 is 1.85 bits per heavy atom. The molecule has 0 fully saturated rings. The molecule has 0 atom stereocenters. The van der Waals surface area contributed by atoms with Crippen molar-refractivity contribution in [3.8, 4) is 0 Å². The van der Waals surface area contributed by atoms with E-state index in [0.29, 0.717) is 36.2 Å². The second kappa shape index (κ2) is 9.66. The third-order valence-electron chi connectivity index (χ3n) is 5.59. The van der Waals surface area contributed by atoms with Gasteiger partial charge in [0.05, 0.1) is 13.0 Å². The van der Waals surface area contributed by atoms with Crippen LogP contribution in [0.1, 0.15) is 33.4 Å². The van der Waals surface area contributed by atoms with Crippen LogP contribution in [0.15, 0.2) is 58.1 Å². The fourth-order valence-electron chi connectivity index (χ4n) is 3.66. The zero-order valence-corrected chi connectivity index (χ0v) is 18.6. The molecule has 9 heteroatoms. The van der Waals surface area contributed by atoms with Crippen LogP contribution in [0.2, 0.25) is 0 Å². The number of hydrogen-bond acceptors (Lipinski definition) is 7. The summed E-state index contributed by atoms with van der Waals surface area (Å²) in [5.41, 5.74) is 15.1. The molecule has 0 saturated carbocycles. The van der Waals surface area contributed by atoms with Crippen LogP contribution in [0.4, 0.5) is 0 Å². The molecule has 0 unspecified atom stereocenters. The first kappa shape index (κ1) is 22.2. The van der Waals surface area contributed by atoms with E-state index in [1.807, 2.05) is 50.2 Å². The summed E-state index contributed by atoms with van der Waals surface area (Å²) in [4.78, 5) is 25.6. The molecular weight excluding hydrogens is 420 g/mol. The largest absolute Gasteiger partial charge is 0.352 e. The molecule has 2 aromatic carbocycles. The fourth-order valence-corrected chi connectivity index (χ4v) is 3.66. The second-order valence-corrected chi connectivity index (χ2v) is 8.00. The number of nitrogens with two attached hydrogens (primary N) is 1. The topological polar surface area (TPSA) is 128 Å². The summed E-state index contributed by atoms with van der Waals surface area (Å²) < 4.78 is 6.11. The van der Waals surface area contributed by atoms with E-state index in [0.717, 1.165) is 27.8 Å². The molecule has 4 aromatic rings. The lowest BCUT2D eigenvalue weighted by atomic mass is 10.0. The number of amides is 1. The minimum atomic E-state index is -0.257. The summed E-state index contributed by atoms with van der Waals surface area (Å²) in [6.45, 7) is 4.99. The first-order chi connectivity index (χ1) is 15.9. The predicted octanol–water partition coefficient (Wildman–Crippen LogP) is 2.06. The van der Waals surface area contributed by atoms with Crippen LogP contribution >= 0.6 is 0 Å². The highest BCUT2D eigenvalue weighted by Crippen LogP contribution is 2.13. The van der Waals surface area contributed by atoms with Crippen molar-refractivity contribution in [2.75, 3.05) is 5.43 Å². The molecule has 0 bridgehead atoms. The van der Waals surface area contributed by atoms with Crippen LogP contribution in [-0.2, 0) is 30.8 Å². The Kier molecular flexibility index (Phi) is 6.50. The van der Waals surface area contributed by atoms with Gasteiger partial charge in [0.25, 0.3) is 5.56 Å². The van der Waals surface area contributed by atoms with E-state index in [9.17, 15) is 9.59 Å². The Labute approximate surface area is 190 Å². The monoisotopic (exact) mass is 446 g/mol. The molecule has 1 amide bonds. The normalized spacial score (nSPS) is 11.0. The Balaban J connectivity index is 1.43. The van der Waals surface area contributed by atoms with Gasteiger partial charge in [0.15, 0.2) is 0 Å². The zero-order chi connectivity index (χ0) is 23.4. The number of benzene rings is 2. The molecule has 9 nitrogen and oxygen atoms in total. The molecule has 2 heterocycles. The van der Waals surface area contributed by atoms with Crippen LogP contribution in [0.25, 0.3) is 11.0 Å². The summed E-state index contributed by atoms with van der Waals surface area (Å²) in [5, 5.41) is 10.5. The van der Waals surface area contributed by atoms with E-state index in [-0.39, 0.29) is 17.9 Å². The van der Waals surface area contributed by atoms with E-state index in [2.05, 4.69) is 21.1 Å². The summed E-state index contributed by atoms with van der Waals surface area (Å²) in [7, 11) is 0. The molecule has 0 aliphatic rings. The lowest BCUT2D eigenvalue weighted by Crippen LogP contribution is -2.34. The molecule has 0 aliphatic carbocycles. The SMILES string of the molecule is Cc1ccc(CN)c(CNC(=O)Cc2c(C)ccn(NCc3ccc4nonc4c3)c2=O)c1. The average molecular weight is 447 g/mol. The number of carbonyl (C=O) groups is 1. The van der Waals surface area contributed by atoms with Crippen LogP contribution in [0.5, 0.6) is 0 Å². The summed E-state index contributed by atoms with van der Waals surface area (Å²) >= 11 is 0. The average Bonchev–Trinajstić information content (AvgIpc) is 3.28. The first-order valence-electron chi connectivity index (χ1n) is 10.7. The number of aryl methyl sites for hydroxylation is 2. The molecule has 33 heavy (non-hydrogen) atoms. The lowest BCUT2D eigenvalue weighted by molar-refractivity contribution is -0.120. The highest BCUT2D eigenvalue weighted by atomic mass is 16.6. The van der Waals surface area contributed by atoms with Gasteiger partial charge in [-0.25, -0.2) is 9.31 Å². The lowest BCUT2D eigenvalue weighted by Gasteiger charge is -2.14. The first-order valence-corrected chi connectivity index (χ1v) is 10.7. The number of pyridine rings is 1. The van der Waals surface area contributed by atoms with Crippen molar-refractivity contribution in [1.29, 1.82) is 0 Å². The maximum absolute atomic E-state index is 13.0. The van der Waals surface area contributed by atoms with Crippen molar-refractivity contribution < 1.29 is 9.42 Å². The molecule has 2 aromatic heterocycles. The number of fused-ring (bicyclic) bond motifs is 1. The summed E-state index contributed by atoms with van der Waals surface area (Å²) in [6.07, 6.45) is 1.66. The smallest absolute Gasteiger partial charge is 0.272 e. The van der Waals surface area contributed by atoms with Gasteiger partial charge in [0.1, 0.15) is 11.0 Å². The number of nitrogens with zero attached hydrogens (tertiary/aromatic N) is 3. The van der Waals surface area contributed by atoms with Gasteiger partial charge in [-0.1, -0.05) is 29.8 Å². The highest BCUT2D eigenvalue weighted by Gasteiger charge is 2.13. The molecule has 0 radical (unpaired) electrons. The maximum Gasteiger partial charge on any atom is 0.272 e. The molecule has 4 rings (SSSR count). The Bertz CT molecular complexity index is 1360. The van der Waals surface area contributed by atoms with Gasteiger partial charge in [0, 0.05) is 24.8 Å². The van der Waals surface area contributed by atoms with Gasteiger partial charge in [-0.3, -0.25) is 9.59 Å². The molecular formula is C24H26N6O3. The Morgan fingerprint density at radius 3 is 2.67 bits per heavy atom. The fraction of sp³-hybridized carbons (Fsp3) is 0.250. The van der Waals surface area contributed by atoms with Crippen molar-refractivity contribution in [1.82, 2.24) is 20.3 Å². The van der Waals surface area contributed by atoms with E-state index in [1.165, 1.54) is 4.68 Å². The van der Waals surface area contributed by atoms with Crippen LogP contribution < -0.4 is 22.0 Å². The zero-order valence-electron chi connectivity index (χ0n) is 18.6. The Hall–Kier alpha value is -3.98. The Morgan fingerprint density at radius 1 is 1.03 bits per heavy atom. The number of nitrogens with one attached hydrogen (secondary N) is 2. The van der Waals surface area contributed by atoms with E-state index < -0.39 is 0 Å². The molecule has 0 spiro atoms. The maximum atomic E-state index is 13.0. The molecule has 4 N–H and O–H groups in total. The van der Waals surface area contributed by atoms with Gasteiger partial charge < -0.3 is 16.5 Å². The van der Waals surface area contributed by atoms with Crippen molar-refractivity contribution in [3.63, 3.8) is 0 Å². The minimum absolute atomic E-state index is 0.00642. The van der Waals surface area contributed by atoms with Gasteiger partial charge in [-0.2, -0.15) is 0 Å². The van der Waals surface area contributed by atoms with Gasteiger partial charge in [-0.15, -0.1) is 0 Å². The van der Waals surface area contributed by atoms with Crippen LogP contribution in [0, 0.1) is 13.8 Å². The van der Waals surface area contributed by atoms with E-state index >= 15 is 0 Å². The highest BCUT2D eigenvalue weighted by molar-refractivity contribution is 5.78. The molecule has 0 aliphatic heterocycles. The van der Waals surface area contributed by atoms with Crippen molar-refractivity contribution in [3.05, 3.63) is 92.4 Å². The van der Waals surface area contributed by atoms with Gasteiger partial charge in [0.2, 0.25) is 5.91 Å². The third kappa shape index (κ3) is 5.09. The van der Waals surface area contributed by atoms with Crippen LogP contribution in [0.3, 0.4) is 0 Å². The van der Waals surface area contributed by atoms with Gasteiger partial charge in [-0.05, 0) is 64.6 Å². The quantitative estimate of drug-likeness (QED) is 0.378. The summed E-state index contributed by atoms with van der Waals surface area (Å²) in [6, 6.07) is 13.3. The molecule has 170 valence electrons. The number of aromatic nitrogens is 3. The van der Waals surface area contributed by atoms with Crippen molar-refractivity contribution >= 4 is 16.9 Å². The number of carbonyl (C=O) groups excluding carboxylic acids is 1. The third-order valence-corrected chi connectivity index (χ3v) is 5.59.